The van der Waals surface area contributed by atoms with Crippen LogP contribution < -0.4 is 10.6 Å². The average Bonchev–Trinajstić information content (AvgIpc) is 2.03. The molecule has 1 unspecified atom stereocenters. The summed E-state index contributed by atoms with van der Waals surface area (Å²) in [6.07, 6.45) is 0. The minimum absolute atomic E-state index is 0. The van der Waals surface area contributed by atoms with E-state index in [1.165, 1.54) is 7.11 Å². The second-order valence-corrected chi connectivity index (χ2v) is 2.13. The van der Waals surface area contributed by atoms with Gasteiger partial charge in [-0.3, -0.25) is 4.79 Å². The monoisotopic (exact) mass is 210 g/mol. The van der Waals surface area contributed by atoms with E-state index in [1.54, 1.807) is 0 Å². The number of ether oxygens (including phenoxy) is 1. The molecule has 1 atom stereocenters. The van der Waals surface area contributed by atoms with E-state index in [0.717, 1.165) is 6.54 Å². The molecule has 4 nitrogen and oxygen atoms in total. The molecule has 0 amide bonds. The Morgan fingerprint density at radius 2 is 2.17 bits per heavy atom. The van der Waals surface area contributed by atoms with E-state index in [0.29, 0.717) is 6.54 Å². The van der Waals surface area contributed by atoms with Crippen LogP contribution in [-0.4, -0.2) is 39.3 Å². The van der Waals surface area contributed by atoms with Gasteiger partial charge in [0.25, 0.3) is 5.97 Å². The van der Waals surface area contributed by atoms with E-state index in [9.17, 15) is 4.79 Å². The van der Waals surface area contributed by atoms with Crippen molar-refractivity contribution in [2.24, 2.45) is 0 Å². The maximum atomic E-state index is 10.7. The molecule has 0 spiro atoms. The van der Waals surface area contributed by atoms with Gasteiger partial charge in [0.05, 0.1) is 7.11 Å². The molecule has 0 aromatic heterocycles. The number of carbonyl (C=O) groups is 1. The smallest absolute Gasteiger partial charge is 0.291 e. The first-order valence-electron chi connectivity index (χ1n) is 3.51. The SMILES string of the molecule is [CH2-]C(NCCNC)C(=O)OC.[V]. The average molecular weight is 210 g/mol. The molecule has 12 heavy (non-hydrogen) atoms. The summed E-state index contributed by atoms with van der Waals surface area (Å²) in [5.74, 6) is -0.332. The topological polar surface area (TPSA) is 50.4 Å². The van der Waals surface area contributed by atoms with Gasteiger partial charge in [0, 0.05) is 31.6 Å². The number of nitrogens with one attached hydrogen (secondary N) is 2. The number of methoxy groups -OCH3 is 1. The van der Waals surface area contributed by atoms with Crippen molar-refractivity contribution >= 4 is 5.97 Å². The molecule has 0 saturated carbocycles. The van der Waals surface area contributed by atoms with Crippen LogP contribution >= 0.6 is 0 Å². The Morgan fingerprint density at radius 1 is 1.58 bits per heavy atom. The van der Waals surface area contributed by atoms with Crippen molar-refractivity contribution in [3.63, 3.8) is 0 Å². The van der Waals surface area contributed by atoms with Crippen molar-refractivity contribution in [2.75, 3.05) is 27.2 Å². The van der Waals surface area contributed by atoms with Crippen LogP contribution in [0.1, 0.15) is 0 Å². The first-order valence-corrected chi connectivity index (χ1v) is 3.51. The molecule has 0 aromatic rings. The molecule has 0 aliphatic rings. The van der Waals surface area contributed by atoms with E-state index < -0.39 is 6.04 Å². The van der Waals surface area contributed by atoms with Crippen molar-refractivity contribution in [2.45, 2.75) is 6.04 Å². The van der Waals surface area contributed by atoms with Crippen molar-refractivity contribution in [1.82, 2.24) is 10.6 Å². The summed E-state index contributed by atoms with van der Waals surface area (Å²) < 4.78 is 4.46. The third-order valence-electron chi connectivity index (χ3n) is 1.25. The first kappa shape index (κ1) is 14.5. The van der Waals surface area contributed by atoms with Gasteiger partial charge >= 0.3 is 0 Å². The predicted molar refractivity (Wildman–Crippen MR) is 43.1 cm³/mol. The summed E-state index contributed by atoms with van der Waals surface area (Å²) in [4.78, 5) is 10.7. The largest absolute Gasteiger partial charge is 0.470 e. The van der Waals surface area contributed by atoms with Crippen molar-refractivity contribution in [3.05, 3.63) is 6.92 Å². The van der Waals surface area contributed by atoms with E-state index in [4.69, 9.17) is 0 Å². The quantitative estimate of drug-likeness (QED) is 0.353. The zero-order valence-electron chi connectivity index (χ0n) is 7.46. The first-order chi connectivity index (χ1) is 5.22. The number of likely N-dealkylation sites (N-methyl/N-ethyl adjacent to an activating group) is 1. The fraction of sp³-hybridized carbons (Fsp3) is 0.714. The maximum absolute atomic E-state index is 10.7. The van der Waals surface area contributed by atoms with Crippen LogP contribution in [0.3, 0.4) is 0 Å². The van der Waals surface area contributed by atoms with Gasteiger partial charge in [-0.2, -0.15) is 0 Å². The molecule has 0 aliphatic carbocycles. The Balaban J connectivity index is 0. The van der Waals surface area contributed by atoms with Crippen LogP contribution in [0.2, 0.25) is 0 Å². The fourth-order valence-electron chi connectivity index (χ4n) is 0.597. The molecule has 0 rings (SSSR count). The molecule has 71 valence electrons. The van der Waals surface area contributed by atoms with E-state index in [1.807, 2.05) is 7.05 Å². The summed E-state index contributed by atoms with van der Waals surface area (Å²) in [7, 11) is 3.19. The molecule has 0 fully saturated rings. The number of carbonyl (C=O) groups excluding carboxylic acids is 1. The van der Waals surface area contributed by atoms with Crippen LogP contribution in [0, 0.1) is 6.92 Å². The normalized spacial score (nSPS) is 11.6. The van der Waals surface area contributed by atoms with Crippen LogP contribution in [0.25, 0.3) is 0 Å². The van der Waals surface area contributed by atoms with Gasteiger partial charge in [-0.25, -0.2) is 0 Å². The fourth-order valence-corrected chi connectivity index (χ4v) is 0.597. The number of hydrogen-bond acceptors (Lipinski definition) is 4. The van der Waals surface area contributed by atoms with Gasteiger partial charge in [0.2, 0.25) is 0 Å². The number of hydrogen-bond donors (Lipinski definition) is 2. The molecule has 0 saturated heterocycles. The van der Waals surface area contributed by atoms with Gasteiger partial charge < -0.3 is 22.3 Å². The summed E-state index contributed by atoms with van der Waals surface area (Å²) in [6, 6.07) is -0.464. The van der Waals surface area contributed by atoms with Crippen LogP contribution in [0.15, 0.2) is 0 Å². The minimum Gasteiger partial charge on any atom is -0.470 e. The standard InChI is InChI=1S/C7H15N2O2.V/c1-6(7(10)11-3)9-5-4-8-2;/h6,8-9H,1,4-5H2,2-3H3;/q-1;. The zero-order valence-corrected chi connectivity index (χ0v) is 8.86. The van der Waals surface area contributed by atoms with Crippen molar-refractivity contribution < 1.29 is 28.1 Å². The second kappa shape index (κ2) is 9.07. The Labute approximate surface area is 85.3 Å². The molecule has 2 N–H and O–H groups in total. The molecule has 5 heteroatoms. The van der Waals surface area contributed by atoms with E-state index in [-0.39, 0.29) is 24.5 Å². The molecule has 0 aromatic carbocycles. The maximum Gasteiger partial charge on any atom is 0.291 e. The van der Waals surface area contributed by atoms with Crippen LogP contribution in [0.5, 0.6) is 0 Å². The van der Waals surface area contributed by atoms with Crippen LogP contribution in [-0.2, 0) is 28.1 Å². The Morgan fingerprint density at radius 3 is 2.58 bits per heavy atom. The summed E-state index contributed by atoms with van der Waals surface area (Å²) in [5, 5.41) is 5.82. The third kappa shape index (κ3) is 6.67. The molecular formula is C7H15N2O2V-. The van der Waals surface area contributed by atoms with Crippen LogP contribution in [0.4, 0.5) is 0 Å². The Hall–Kier alpha value is -0.0256. The number of rotatable bonds is 5. The van der Waals surface area contributed by atoms with Gasteiger partial charge in [-0.15, -0.1) is 0 Å². The minimum atomic E-state index is -0.464. The predicted octanol–water partition coefficient (Wildman–Crippen LogP) is -0.831. The second-order valence-electron chi connectivity index (χ2n) is 2.13. The van der Waals surface area contributed by atoms with E-state index in [2.05, 4.69) is 22.3 Å². The molecule has 0 heterocycles. The summed E-state index contributed by atoms with van der Waals surface area (Å²) in [6.45, 7) is 5.08. The van der Waals surface area contributed by atoms with Gasteiger partial charge in [0.15, 0.2) is 0 Å². The summed E-state index contributed by atoms with van der Waals surface area (Å²) in [5.41, 5.74) is 0. The molecule has 0 aliphatic heterocycles. The molecular weight excluding hydrogens is 195 g/mol. The Kier molecular flexibility index (Phi) is 11.0. The van der Waals surface area contributed by atoms with Gasteiger partial charge in [-0.05, 0) is 13.1 Å². The summed E-state index contributed by atoms with van der Waals surface area (Å²) >= 11 is 0. The van der Waals surface area contributed by atoms with Gasteiger partial charge in [0.1, 0.15) is 0 Å². The number of esters is 1. The third-order valence-corrected chi connectivity index (χ3v) is 1.25. The van der Waals surface area contributed by atoms with Crippen molar-refractivity contribution in [3.8, 4) is 0 Å². The van der Waals surface area contributed by atoms with Gasteiger partial charge in [-0.1, -0.05) is 0 Å². The zero-order chi connectivity index (χ0) is 8.69. The molecule has 0 bridgehead atoms. The molecule has 1 radical (unpaired) electrons. The Bertz CT molecular complexity index is 122. The van der Waals surface area contributed by atoms with E-state index >= 15 is 0 Å². The van der Waals surface area contributed by atoms with Crippen molar-refractivity contribution in [1.29, 1.82) is 0 Å².